The third kappa shape index (κ3) is 1.88. The second-order valence-corrected chi connectivity index (χ2v) is 5.88. The minimum Gasteiger partial charge on any atom is -0.389 e. The standard InChI is InChI=1S/C12H16O2S2/c1-15-11-7-5-3-4-6-8(7)12(16-2)10(14)9(11)13/h3-6,9-14H,1-2H3/t9-,10+,11-,12+. The van der Waals surface area contributed by atoms with Crippen LogP contribution in [0.25, 0.3) is 0 Å². The maximum absolute atomic E-state index is 10.1. The van der Waals surface area contributed by atoms with Gasteiger partial charge >= 0.3 is 0 Å². The molecule has 0 bridgehead atoms. The molecular formula is C12H16O2S2. The summed E-state index contributed by atoms with van der Waals surface area (Å²) in [6, 6.07) is 8.08. The Hall–Kier alpha value is -0.160. The van der Waals surface area contributed by atoms with Crippen LogP contribution in [0.2, 0.25) is 0 Å². The van der Waals surface area contributed by atoms with E-state index < -0.39 is 12.2 Å². The van der Waals surface area contributed by atoms with Crippen molar-refractivity contribution in [2.75, 3.05) is 12.5 Å². The van der Waals surface area contributed by atoms with Gasteiger partial charge in [0.05, 0.1) is 22.7 Å². The van der Waals surface area contributed by atoms with Crippen molar-refractivity contribution in [2.24, 2.45) is 0 Å². The third-order valence-corrected chi connectivity index (χ3v) is 5.17. The van der Waals surface area contributed by atoms with E-state index in [0.717, 1.165) is 11.1 Å². The Kier molecular flexibility index (Phi) is 3.85. The second kappa shape index (κ2) is 5.00. The molecular weight excluding hydrogens is 240 g/mol. The van der Waals surface area contributed by atoms with Crippen LogP contribution in [0.5, 0.6) is 0 Å². The monoisotopic (exact) mass is 256 g/mol. The Balaban J connectivity index is 2.49. The number of aliphatic hydroxyl groups excluding tert-OH is 2. The summed E-state index contributed by atoms with van der Waals surface area (Å²) in [6.07, 6.45) is 2.58. The smallest absolute Gasteiger partial charge is 0.0972 e. The number of benzene rings is 1. The fourth-order valence-electron chi connectivity index (χ4n) is 2.29. The number of hydrogen-bond donors (Lipinski definition) is 2. The number of rotatable bonds is 2. The maximum atomic E-state index is 10.1. The minimum absolute atomic E-state index is 0.0189. The normalized spacial score (nSPS) is 33.5. The molecule has 0 fully saturated rings. The van der Waals surface area contributed by atoms with E-state index in [1.807, 2.05) is 24.6 Å². The van der Waals surface area contributed by atoms with Crippen LogP contribution in [0.15, 0.2) is 24.3 Å². The first-order chi connectivity index (χ1) is 7.70. The van der Waals surface area contributed by atoms with E-state index in [1.165, 1.54) is 0 Å². The van der Waals surface area contributed by atoms with E-state index >= 15 is 0 Å². The van der Waals surface area contributed by atoms with E-state index in [4.69, 9.17) is 0 Å². The molecule has 1 aliphatic carbocycles. The summed E-state index contributed by atoms with van der Waals surface area (Å²) in [4.78, 5) is 0. The fraction of sp³-hybridized carbons (Fsp3) is 0.500. The average molecular weight is 256 g/mol. The Morgan fingerprint density at radius 2 is 1.25 bits per heavy atom. The van der Waals surface area contributed by atoms with Gasteiger partial charge in [0.2, 0.25) is 0 Å². The van der Waals surface area contributed by atoms with Gasteiger partial charge in [0.15, 0.2) is 0 Å². The molecule has 0 heterocycles. The van der Waals surface area contributed by atoms with Crippen molar-refractivity contribution in [3.63, 3.8) is 0 Å². The summed E-state index contributed by atoms with van der Waals surface area (Å²) in [6.45, 7) is 0. The number of aliphatic hydroxyl groups is 2. The number of fused-ring (bicyclic) bond motifs is 1. The van der Waals surface area contributed by atoms with E-state index in [9.17, 15) is 10.2 Å². The van der Waals surface area contributed by atoms with Crippen molar-refractivity contribution in [2.45, 2.75) is 22.7 Å². The SMILES string of the molecule is CS[C@@H]1c2ccccc2[C@H](SC)[C@@H](O)[C@H]1O. The Morgan fingerprint density at radius 3 is 1.56 bits per heavy atom. The van der Waals surface area contributed by atoms with Crippen LogP contribution in [0.1, 0.15) is 21.6 Å². The van der Waals surface area contributed by atoms with Crippen LogP contribution in [0, 0.1) is 0 Å². The molecule has 0 unspecified atom stereocenters. The lowest BCUT2D eigenvalue weighted by Gasteiger charge is -2.38. The highest BCUT2D eigenvalue weighted by molar-refractivity contribution is 7.99. The summed E-state index contributed by atoms with van der Waals surface area (Å²) < 4.78 is 0. The predicted octanol–water partition coefficient (Wildman–Crippen LogP) is 2.23. The quantitative estimate of drug-likeness (QED) is 0.851. The molecule has 2 rings (SSSR count). The third-order valence-electron chi connectivity index (χ3n) is 3.09. The maximum Gasteiger partial charge on any atom is 0.0972 e. The molecule has 0 aromatic heterocycles. The van der Waals surface area contributed by atoms with Crippen LogP contribution in [-0.4, -0.2) is 34.9 Å². The van der Waals surface area contributed by atoms with Gasteiger partial charge in [-0.25, -0.2) is 0 Å². The number of hydrogen-bond acceptors (Lipinski definition) is 4. The molecule has 0 amide bonds. The lowest BCUT2D eigenvalue weighted by atomic mass is 9.87. The van der Waals surface area contributed by atoms with Crippen LogP contribution >= 0.6 is 23.5 Å². The van der Waals surface area contributed by atoms with Crippen LogP contribution in [0.4, 0.5) is 0 Å². The van der Waals surface area contributed by atoms with Crippen LogP contribution < -0.4 is 0 Å². The average Bonchev–Trinajstić information content (AvgIpc) is 2.31. The molecule has 0 radical (unpaired) electrons. The number of thioether (sulfide) groups is 2. The van der Waals surface area contributed by atoms with Gasteiger partial charge in [0, 0.05) is 0 Å². The van der Waals surface area contributed by atoms with Crippen molar-refractivity contribution in [3.05, 3.63) is 35.4 Å². The van der Waals surface area contributed by atoms with Crippen LogP contribution in [0.3, 0.4) is 0 Å². The molecule has 2 nitrogen and oxygen atoms in total. The van der Waals surface area contributed by atoms with Gasteiger partial charge in [0.25, 0.3) is 0 Å². The molecule has 4 atom stereocenters. The highest BCUT2D eigenvalue weighted by Crippen LogP contribution is 2.47. The summed E-state index contributed by atoms with van der Waals surface area (Å²) in [5.74, 6) is 0. The fourth-order valence-corrected chi connectivity index (χ4v) is 4.10. The Morgan fingerprint density at radius 1 is 0.875 bits per heavy atom. The molecule has 0 spiro atoms. The van der Waals surface area contributed by atoms with Crippen molar-refractivity contribution in [3.8, 4) is 0 Å². The molecule has 1 aromatic rings. The molecule has 2 N–H and O–H groups in total. The van der Waals surface area contributed by atoms with E-state index in [-0.39, 0.29) is 10.5 Å². The van der Waals surface area contributed by atoms with Gasteiger partial charge in [-0.2, -0.15) is 23.5 Å². The van der Waals surface area contributed by atoms with Gasteiger partial charge in [-0.1, -0.05) is 24.3 Å². The highest BCUT2D eigenvalue weighted by atomic mass is 32.2. The van der Waals surface area contributed by atoms with Crippen molar-refractivity contribution in [1.82, 2.24) is 0 Å². The molecule has 0 aliphatic heterocycles. The molecule has 0 saturated carbocycles. The van der Waals surface area contributed by atoms with Crippen LogP contribution in [-0.2, 0) is 0 Å². The largest absolute Gasteiger partial charge is 0.389 e. The van der Waals surface area contributed by atoms with Crippen molar-refractivity contribution >= 4 is 23.5 Å². The topological polar surface area (TPSA) is 40.5 Å². The van der Waals surface area contributed by atoms with Crippen molar-refractivity contribution < 1.29 is 10.2 Å². The van der Waals surface area contributed by atoms with Gasteiger partial charge < -0.3 is 10.2 Å². The molecule has 4 heteroatoms. The van der Waals surface area contributed by atoms with Gasteiger partial charge in [-0.15, -0.1) is 0 Å². The summed E-state index contributed by atoms with van der Waals surface area (Å²) >= 11 is 3.19. The Labute approximate surface area is 104 Å². The van der Waals surface area contributed by atoms with Crippen molar-refractivity contribution in [1.29, 1.82) is 0 Å². The first kappa shape index (κ1) is 12.3. The molecule has 88 valence electrons. The molecule has 1 aromatic carbocycles. The van der Waals surface area contributed by atoms with E-state index in [0.29, 0.717) is 0 Å². The molecule has 0 saturated heterocycles. The van der Waals surface area contributed by atoms with E-state index in [2.05, 4.69) is 12.1 Å². The second-order valence-electron chi connectivity index (χ2n) is 3.92. The zero-order valence-electron chi connectivity index (χ0n) is 9.33. The molecule has 16 heavy (non-hydrogen) atoms. The summed E-state index contributed by atoms with van der Waals surface area (Å²) in [5.41, 5.74) is 2.32. The highest BCUT2D eigenvalue weighted by Gasteiger charge is 2.40. The van der Waals surface area contributed by atoms with E-state index in [1.54, 1.807) is 23.5 Å². The Bertz CT molecular complexity index is 335. The summed E-state index contributed by atoms with van der Waals surface area (Å²) in [7, 11) is 0. The summed E-state index contributed by atoms with van der Waals surface area (Å²) in [5, 5.41) is 20.2. The lowest BCUT2D eigenvalue weighted by Crippen LogP contribution is -2.39. The minimum atomic E-state index is -0.678. The first-order valence-corrected chi connectivity index (χ1v) is 7.78. The van der Waals surface area contributed by atoms with Gasteiger partial charge in [-0.05, 0) is 23.6 Å². The zero-order chi connectivity index (χ0) is 11.7. The lowest BCUT2D eigenvalue weighted by molar-refractivity contribution is 0.0104. The van der Waals surface area contributed by atoms with Gasteiger partial charge in [-0.3, -0.25) is 0 Å². The molecule has 1 aliphatic rings. The van der Waals surface area contributed by atoms with Gasteiger partial charge in [0.1, 0.15) is 0 Å². The first-order valence-electron chi connectivity index (χ1n) is 5.21. The zero-order valence-corrected chi connectivity index (χ0v) is 11.0. The predicted molar refractivity (Wildman–Crippen MR) is 71.0 cm³/mol.